The zero-order valence-electron chi connectivity index (χ0n) is 11.4. The minimum absolute atomic E-state index is 0.192. The molecule has 0 heterocycles. The van der Waals surface area contributed by atoms with Crippen LogP contribution in [0.15, 0.2) is 30.3 Å². The van der Waals surface area contributed by atoms with Crippen molar-refractivity contribution in [2.24, 2.45) is 0 Å². The Kier molecular flexibility index (Phi) is 5.81. The van der Waals surface area contributed by atoms with Crippen LogP contribution in [0.1, 0.15) is 5.56 Å². The average molecular weight is 379 g/mol. The molecule has 0 unspecified atom stereocenters. The molecular formula is C15H11Cl4NO2. The zero-order valence-corrected chi connectivity index (χ0v) is 14.4. The lowest BCUT2D eigenvalue weighted by atomic mass is 10.2. The van der Waals surface area contributed by atoms with Gasteiger partial charge in [-0.1, -0.05) is 46.4 Å². The maximum atomic E-state index is 11.9. The van der Waals surface area contributed by atoms with Gasteiger partial charge in [0.1, 0.15) is 5.75 Å². The molecule has 0 aliphatic heterocycles. The van der Waals surface area contributed by atoms with E-state index in [1.807, 2.05) is 0 Å². The number of carbonyl (C=O) groups excluding carboxylic acids is 1. The lowest BCUT2D eigenvalue weighted by Crippen LogP contribution is -2.20. The molecule has 1 amide bonds. The minimum atomic E-state index is -0.344. The van der Waals surface area contributed by atoms with Gasteiger partial charge in [0.05, 0.1) is 15.1 Å². The minimum Gasteiger partial charge on any atom is -0.482 e. The highest BCUT2D eigenvalue weighted by atomic mass is 35.5. The van der Waals surface area contributed by atoms with Gasteiger partial charge in [0.25, 0.3) is 5.91 Å². The normalized spacial score (nSPS) is 10.4. The van der Waals surface area contributed by atoms with Gasteiger partial charge in [-0.3, -0.25) is 4.79 Å². The highest BCUT2D eigenvalue weighted by Crippen LogP contribution is 2.31. The van der Waals surface area contributed by atoms with Gasteiger partial charge in [0, 0.05) is 10.7 Å². The van der Waals surface area contributed by atoms with E-state index in [1.165, 1.54) is 0 Å². The summed E-state index contributed by atoms with van der Waals surface area (Å²) in [6.07, 6.45) is 0. The van der Waals surface area contributed by atoms with Crippen molar-refractivity contribution in [3.05, 3.63) is 56.0 Å². The summed E-state index contributed by atoms with van der Waals surface area (Å²) in [7, 11) is 0. The first kappa shape index (κ1) is 17.2. The fourth-order valence-corrected chi connectivity index (χ4v) is 2.73. The Morgan fingerprint density at radius 2 is 1.77 bits per heavy atom. The number of halogens is 4. The third-order valence-corrected chi connectivity index (χ3v) is 3.98. The topological polar surface area (TPSA) is 38.3 Å². The largest absolute Gasteiger partial charge is 0.482 e. The number of rotatable bonds is 4. The van der Waals surface area contributed by atoms with Gasteiger partial charge in [0.15, 0.2) is 6.61 Å². The molecule has 0 saturated carbocycles. The van der Waals surface area contributed by atoms with Crippen LogP contribution in [0.5, 0.6) is 5.75 Å². The molecule has 3 nitrogen and oxygen atoms in total. The van der Waals surface area contributed by atoms with Crippen molar-refractivity contribution in [3.63, 3.8) is 0 Å². The van der Waals surface area contributed by atoms with Gasteiger partial charge >= 0.3 is 0 Å². The van der Waals surface area contributed by atoms with E-state index in [0.29, 0.717) is 31.5 Å². The van der Waals surface area contributed by atoms with Gasteiger partial charge in [-0.05, 0) is 42.8 Å². The molecule has 0 radical (unpaired) electrons. The fourth-order valence-electron chi connectivity index (χ4n) is 1.78. The zero-order chi connectivity index (χ0) is 16.3. The molecule has 116 valence electrons. The number of ether oxygens (including phenoxy) is 1. The molecule has 0 fully saturated rings. The van der Waals surface area contributed by atoms with Crippen molar-refractivity contribution in [1.29, 1.82) is 0 Å². The number of nitrogens with one attached hydrogen (secondary N) is 1. The average Bonchev–Trinajstić information content (AvgIpc) is 2.41. The summed E-state index contributed by atoms with van der Waals surface area (Å²) in [5, 5.41) is 4.29. The number of amides is 1. The molecule has 2 aromatic rings. The van der Waals surface area contributed by atoms with Crippen LogP contribution in [-0.4, -0.2) is 12.5 Å². The molecule has 0 aliphatic rings. The molecule has 7 heteroatoms. The van der Waals surface area contributed by atoms with E-state index >= 15 is 0 Å². The standard InChI is InChI=1S/C15H11Cl4NO2/c1-8-4-9(16)5-13(19)15(8)22-7-14(21)20-10-2-3-11(17)12(18)6-10/h2-6H,7H2,1H3,(H,20,21). The van der Waals surface area contributed by atoms with Gasteiger partial charge in [-0.25, -0.2) is 0 Å². The number of hydrogen-bond acceptors (Lipinski definition) is 2. The van der Waals surface area contributed by atoms with Crippen LogP contribution in [0.4, 0.5) is 5.69 Å². The summed E-state index contributed by atoms with van der Waals surface area (Å²) >= 11 is 23.6. The van der Waals surface area contributed by atoms with Crippen LogP contribution in [-0.2, 0) is 4.79 Å². The van der Waals surface area contributed by atoms with Gasteiger partial charge < -0.3 is 10.1 Å². The summed E-state index contributed by atoms with van der Waals surface area (Å²) in [6.45, 7) is 1.60. The van der Waals surface area contributed by atoms with Crippen LogP contribution in [0.3, 0.4) is 0 Å². The molecule has 0 aliphatic carbocycles. The van der Waals surface area contributed by atoms with Crippen LogP contribution in [0, 0.1) is 6.92 Å². The number of carbonyl (C=O) groups is 1. The van der Waals surface area contributed by atoms with Gasteiger partial charge in [-0.2, -0.15) is 0 Å². The number of aryl methyl sites for hydroxylation is 1. The van der Waals surface area contributed by atoms with E-state index in [4.69, 9.17) is 51.1 Å². The van der Waals surface area contributed by atoms with E-state index < -0.39 is 0 Å². The molecule has 0 saturated heterocycles. The fraction of sp³-hybridized carbons (Fsp3) is 0.133. The highest BCUT2D eigenvalue weighted by molar-refractivity contribution is 6.42. The first-order valence-electron chi connectivity index (χ1n) is 6.20. The van der Waals surface area contributed by atoms with E-state index in [-0.39, 0.29) is 12.5 Å². The third kappa shape index (κ3) is 4.43. The van der Waals surface area contributed by atoms with Crippen molar-refractivity contribution in [1.82, 2.24) is 0 Å². The highest BCUT2D eigenvalue weighted by Gasteiger charge is 2.11. The Hall–Kier alpha value is -1.13. The Morgan fingerprint density at radius 1 is 1.05 bits per heavy atom. The Labute approximate surface area is 148 Å². The number of anilines is 1. The van der Waals surface area contributed by atoms with Crippen molar-refractivity contribution < 1.29 is 9.53 Å². The molecule has 0 aromatic heterocycles. The molecule has 1 N–H and O–H groups in total. The summed E-state index contributed by atoms with van der Waals surface area (Å²) < 4.78 is 5.45. The van der Waals surface area contributed by atoms with Crippen molar-refractivity contribution in [2.45, 2.75) is 6.92 Å². The Bertz CT molecular complexity index is 696. The first-order chi connectivity index (χ1) is 10.4. The van der Waals surface area contributed by atoms with Crippen molar-refractivity contribution in [3.8, 4) is 5.75 Å². The number of benzene rings is 2. The lowest BCUT2D eigenvalue weighted by Gasteiger charge is -2.12. The third-order valence-electron chi connectivity index (χ3n) is 2.75. The lowest BCUT2D eigenvalue weighted by molar-refractivity contribution is -0.118. The monoisotopic (exact) mass is 377 g/mol. The second kappa shape index (κ2) is 7.42. The van der Waals surface area contributed by atoms with Crippen molar-refractivity contribution in [2.75, 3.05) is 11.9 Å². The summed E-state index contributed by atoms with van der Waals surface area (Å²) in [4.78, 5) is 11.9. The predicted octanol–water partition coefficient (Wildman–Crippen LogP) is 5.63. The van der Waals surface area contributed by atoms with E-state index in [9.17, 15) is 4.79 Å². The van der Waals surface area contributed by atoms with E-state index in [2.05, 4.69) is 5.32 Å². The predicted molar refractivity (Wildman–Crippen MR) is 91.8 cm³/mol. The number of hydrogen-bond donors (Lipinski definition) is 1. The van der Waals surface area contributed by atoms with Crippen LogP contribution in [0.2, 0.25) is 20.1 Å². The summed E-state index contributed by atoms with van der Waals surface area (Å²) in [6, 6.07) is 8.07. The molecule has 0 spiro atoms. The smallest absolute Gasteiger partial charge is 0.262 e. The molecule has 2 rings (SSSR count). The summed E-state index contributed by atoms with van der Waals surface area (Å²) in [5.74, 6) is 0.0826. The second-order valence-electron chi connectivity index (χ2n) is 4.50. The first-order valence-corrected chi connectivity index (χ1v) is 7.71. The van der Waals surface area contributed by atoms with E-state index in [0.717, 1.165) is 5.56 Å². The Morgan fingerprint density at radius 3 is 2.41 bits per heavy atom. The van der Waals surface area contributed by atoms with Crippen LogP contribution in [0.25, 0.3) is 0 Å². The second-order valence-corrected chi connectivity index (χ2v) is 6.16. The van der Waals surface area contributed by atoms with Gasteiger partial charge in [0.2, 0.25) is 0 Å². The molecule has 2 aromatic carbocycles. The SMILES string of the molecule is Cc1cc(Cl)cc(Cl)c1OCC(=O)Nc1ccc(Cl)c(Cl)c1. The molecule has 0 atom stereocenters. The van der Waals surface area contributed by atoms with Crippen LogP contribution >= 0.6 is 46.4 Å². The van der Waals surface area contributed by atoms with E-state index in [1.54, 1.807) is 37.3 Å². The van der Waals surface area contributed by atoms with Crippen LogP contribution < -0.4 is 10.1 Å². The molecule has 22 heavy (non-hydrogen) atoms. The molecule has 0 bridgehead atoms. The maximum Gasteiger partial charge on any atom is 0.262 e. The quantitative estimate of drug-likeness (QED) is 0.748. The Balaban J connectivity index is 2.00. The maximum absolute atomic E-state index is 11.9. The summed E-state index contributed by atoms with van der Waals surface area (Å²) in [5.41, 5.74) is 1.28. The van der Waals surface area contributed by atoms with Gasteiger partial charge in [-0.15, -0.1) is 0 Å². The van der Waals surface area contributed by atoms with Crippen molar-refractivity contribution >= 4 is 58.0 Å². The molecular weight excluding hydrogens is 368 g/mol.